The second-order valence-electron chi connectivity index (χ2n) is 5.13. The maximum absolute atomic E-state index is 14.1. The quantitative estimate of drug-likeness (QED) is 0.642. The van der Waals surface area contributed by atoms with E-state index in [9.17, 15) is 19.3 Å². The molecule has 0 bridgehead atoms. The van der Waals surface area contributed by atoms with Gasteiger partial charge >= 0.3 is 5.69 Å². The Morgan fingerprint density at radius 3 is 2.67 bits per heavy atom. The molecular formula is C16H12FNO3. The molecule has 0 fully saturated rings. The smallest absolute Gasteiger partial charge is 0.294 e. The lowest BCUT2D eigenvalue weighted by Gasteiger charge is -2.09. The fourth-order valence-electron chi connectivity index (χ4n) is 2.81. The number of fused-ring (bicyclic) bond motifs is 1. The molecule has 0 saturated heterocycles. The fraction of sp³-hybridized carbons (Fsp3) is 0.188. The third-order valence-corrected chi connectivity index (χ3v) is 3.84. The van der Waals surface area contributed by atoms with Gasteiger partial charge in [-0.05, 0) is 24.0 Å². The molecule has 0 N–H and O–H groups in total. The highest BCUT2D eigenvalue weighted by Gasteiger charge is 2.31. The summed E-state index contributed by atoms with van der Waals surface area (Å²) in [6, 6.07) is 11.4. The largest absolute Gasteiger partial charge is 0.305 e. The molecule has 0 heterocycles. The lowest BCUT2D eigenvalue weighted by atomic mass is 9.95. The van der Waals surface area contributed by atoms with Gasteiger partial charge in [0.2, 0.25) is 5.82 Å². The summed E-state index contributed by atoms with van der Waals surface area (Å²) in [5.41, 5.74) is 1.30. The van der Waals surface area contributed by atoms with Gasteiger partial charge in [-0.2, -0.15) is 4.39 Å². The van der Waals surface area contributed by atoms with Crippen LogP contribution in [0.25, 0.3) is 0 Å². The van der Waals surface area contributed by atoms with Crippen LogP contribution in [0.4, 0.5) is 10.1 Å². The summed E-state index contributed by atoms with van der Waals surface area (Å²) in [4.78, 5) is 22.3. The number of hydrogen-bond donors (Lipinski definition) is 0. The first-order chi connectivity index (χ1) is 10.1. The van der Waals surface area contributed by atoms with Gasteiger partial charge in [-0.25, -0.2) is 0 Å². The monoisotopic (exact) mass is 285 g/mol. The summed E-state index contributed by atoms with van der Waals surface area (Å²) < 4.78 is 14.1. The molecule has 0 radical (unpaired) electrons. The second-order valence-corrected chi connectivity index (χ2v) is 5.13. The molecule has 0 spiro atoms. The van der Waals surface area contributed by atoms with Crippen molar-refractivity contribution in [2.75, 3.05) is 0 Å². The first-order valence-corrected chi connectivity index (χ1v) is 6.62. The average molecular weight is 285 g/mol. The molecule has 0 saturated carbocycles. The Balaban J connectivity index is 1.88. The van der Waals surface area contributed by atoms with Crippen LogP contribution in [-0.4, -0.2) is 10.7 Å². The molecule has 106 valence electrons. The van der Waals surface area contributed by atoms with Crippen LogP contribution >= 0.6 is 0 Å². The Kier molecular flexibility index (Phi) is 3.25. The second kappa shape index (κ2) is 5.09. The fourth-order valence-corrected chi connectivity index (χ4v) is 2.81. The average Bonchev–Trinajstić information content (AvgIpc) is 2.78. The van der Waals surface area contributed by atoms with E-state index < -0.39 is 16.4 Å². The van der Waals surface area contributed by atoms with Crippen LogP contribution in [-0.2, 0) is 12.8 Å². The van der Waals surface area contributed by atoms with Gasteiger partial charge < -0.3 is 0 Å². The number of hydrogen-bond acceptors (Lipinski definition) is 3. The van der Waals surface area contributed by atoms with Gasteiger partial charge in [-0.15, -0.1) is 0 Å². The molecule has 5 heteroatoms. The van der Waals surface area contributed by atoms with E-state index in [0.29, 0.717) is 12.0 Å². The Morgan fingerprint density at radius 1 is 1.19 bits per heavy atom. The highest BCUT2D eigenvalue weighted by atomic mass is 19.1. The lowest BCUT2D eigenvalue weighted by Crippen LogP contribution is -2.13. The van der Waals surface area contributed by atoms with Gasteiger partial charge in [0.25, 0.3) is 0 Å². The van der Waals surface area contributed by atoms with E-state index in [1.54, 1.807) is 12.1 Å². The minimum atomic E-state index is -0.841. The van der Waals surface area contributed by atoms with Gasteiger partial charge in [-0.3, -0.25) is 14.9 Å². The Bertz CT molecular complexity index is 742. The van der Waals surface area contributed by atoms with Gasteiger partial charge in [-0.1, -0.05) is 36.4 Å². The van der Waals surface area contributed by atoms with E-state index in [0.717, 1.165) is 11.6 Å². The molecule has 1 aliphatic carbocycles. The number of rotatable bonds is 3. The van der Waals surface area contributed by atoms with Crippen LogP contribution in [0.3, 0.4) is 0 Å². The molecule has 1 unspecified atom stereocenters. The maximum atomic E-state index is 14.1. The molecule has 0 amide bonds. The summed E-state index contributed by atoms with van der Waals surface area (Å²) in [5.74, 6) is -1.21. The zero-order valence-electron chi connectivity index (χ0n) is 11.1. The number of ketones is 1. The van der Waals surface area contributed by atoms with Gasteiger partial charge in [0.15, 0.2) is 5.78 Å². The molecule has 0 aliphatic heterocycles. The molecule has 1 atom stereocenters. The van der Waals surface area contributed by atoms with Crippen molar-refractivity contribution in [2.45, 2.75) is 12.8 Å². The molecule has 3 rings (SSSR count). The predicted molar refractivity (Wildman–Crippen MR) is 74.7 cm³/mol. The number of Topliss-reactive ketones (excluding diaryl/α,β-unsaturated/α-hetero) is 1. The van der Waals surface area contributed by atoms with Crippen LogP contribution in [0.1, 0.15) is 21.5 Å². The normalized spacial score (nSPS) is 16.8. The predicted octanol–water partition coefficient (Wildman–Crippen LogP) is 3.33. The number of benzene rings is 2. The van der Waals surface area contributed by atoms with Crippen LogP contribution < -0.4 is 0 Å². The van der Waals surface area contributed by atoms with Crippen LogP contribution in [0.15, 0.2) is 42.5 Å². The van der Waals surface area contributed by atoms with Crippen LogP contribution in [0, 0.1) is 21.8 Å². The third kappa shape index (κ3) is 2.31. The van der Waals surface area contributed by atoms with Crippen molar-refractivity contribution in [3.05, 3.63) is 75.1 Å². The third-order valence-electron chi connectivity index (χ3n) is 3.84. The van der Waals surface area contributed by atoms with Gasteiger partial charge in [0, 0.05) is 17.5 Å². The molecule has 2 aromatic rings. The minimum Gasteiger partial charge on any atom is -0.294 e. The number of nitro groups is 1. The van der Waals surface area contributed by atoms with E-state index in [1.807, 2.05) is 12.1 Å². The topological polar surface area (TPSA) is 60.2 Å². The summed E-state index contributed by atoms with van der Waals surface area (Å²) in [7, 11) is 0. The highest BCUT2D eigenvalue weighted by molar-refractivity contribution is 6.02. The number of halogens is 1. The van der Waals surface area contributed by atoms with Crippen molar-refractivity contribution in [1.82, 2.24) is 0 Å². The Labute approximate surface area is 120 Å². The van der Waals surface area contributed by atoms with Crippen molar-refractivity contribution in [1.29, 1.82) is 0 Å². The summed E-state index contributed by atoms with van der Waals surface area (Å²) in [5, 5.41) is 10.8. The Hall–Kier alpha value is -2.56. The summed E-state index contributed by atoms with van der Waals surface area (Å²) in [6.07, 6.45) is 0.734. The van der Waals surface area contributed by atoms with Crippen molar-refractivity contribution in [3.8, 4) is 0 Å². The zero-order chi connectivity index (χ0) is 15.0. The van der Waals surface area contributed by atoms with E-state index in [1.165, 1.54) is 12.1 Å². The van der Waals surface area contributed by atoms with E-state index in [4.69, 9.17) is 0 Å². The Morgan fingerprint density at radius 2 is 1.95 bits per heavy atom. The molecule has 1 aliphatic rings. The molecular weight excluding hydrogens is 273 g/mol. The number of carbonyl (C=O) groups excluding carboxylic acids is 1. The number of carbonyl (C=O) groups is 1. The van der Waals surface area contributed by atoms with Gasteiger partial charge in [0.05, 0.1) is 4.92 Å². The van der Waals surface area contributed by atoms with Crippen LogP contribution in [0.2, 0.25) is 0 Å². The SMILES string of the molecule is O=C1c2ccccc2CC1Cc1cccc([N+](=O)[O-])c1F. The zero-order valence-corrected chi connectivity index (χ0v) is 11.1. The summed E-state index contributed by atoms with van der Waals surface area (Å²) in [6.45, 7) is 0. The molecule has 4 nitrogen and oxygen atoms in total. The van der Waals surface area contributed by atoms with Gasteiger partial charge in [0.1, 0.15) is 0 Å². The van der Waals surface area contributed by atoms with Crippen LogP contribution in [0.5, 0.6) is 0 Å². The molecule has 2 aromatic carbocycles. The summed E-state index contributed by atoms with van der Waals surface area (Å²) >= 11 is 0. The first kappa shape index (κ1) is 13.4. The molecule has 21 heavy (non-hydrogen) atoms. The highest BCUT2D eigenvalue weighted by Crippen LogP contribution is 2.31. The molecule has 0 aromatic heterocycles. The van der Waals surface area contributed by atoms with E-state index in [-0.39, 0.29) is 23.7 Å². The van der Waals surface area contributed by atoms with E-state index >= 15 is 0 Å². The number of nitrogens with zero attached hydrogens (tertiary/aromatic N) is 1. The minimum absolute atomic E-state index is 0.0171. The lowest BCUT2D eigenvalue weighted by molar-refractivity contribution is -0.387. The standard InChI is InChI=1S/C16H12FNO3/c17-15-11(5-3-7-14(15)18(20)21)9-12-8-10-4-1-2-6-13(10)16(12)19/h1-7,12H,8-9H2. The number of nitro benzene ring substituents is 1. The first-order valence-electron chi connectivity index (χ1n) is 6.62. The van der Waals surface area contributed by atoms with Crippen molar-refractivity contribution < 1.29 is 14.1 Å². The van der Waals surface area contributed by atoms with Crippen molar-refractivity contribution in [3.63, 3.8) is 0 Å². The maximum Gasteiger partial charge on any atom is 0.305 e. The van der Waals surface area contributed by atoms with Crippen molar-refractivity contribution >= 4 is 11.5 Å². The van der Waals surface area contributed by atoms with Crippen molar-refractivity contribution in [2.24, 2.45) is 5.92 Å². The van der Waals surface area contributed by atoms with E-state index in [2.05, 4.69) is 0 Å².